The molecule has 0 spiro atoms. The average molecular weight is 256 g/mol. The summed E-state index contributed by atoms with van der Waals surface area (Å²) in [5.41, 5.74) is 0.799. The van der Waals surface area contributed by atoms with Gasteiger partial charge in [-0.1, -0.05) is 0 Å². The summed E-state index contributed by atoms with van der Waals surface area (Å²) in [7, 11) is 1.92. The molecule has 2 aliphatic rings. The molecule has 0 bridgehead atoms. The first-order chi connectivity index (χ1) is 7.75. The molecule has 5 heteroatoms. The fourth-order valence-corrected chi connectivity index (χ4v) is 2.87. The molecule has 0 unspecified atom stereocenters. The van der Waals surface area contributed by atoms with Crippen LogP contribution < -0.4 is 5.32 Å². The minimum absolute atomic E-state index is 0. The van der Waals surface area contributed by atoms with Crippen LogP contribution in [0.4, 0.5) is 0 Å². The molecule has 17 heavy (non-hydrogen) atoms. The molecular formula is C12H18ClN3O. The highest BCUT2D eigenvalue weighted by Gasteiger charge is 2.38. The van der Waals surface area contributed by atoms with Crippen LogP contribution in [0.25, 0.3) is 0 Å². The van der Waals surface area contributed by atoms with E-state index >= 15 is 0 Å². The Hall–Kier alpha value is -1.00. The lowest BCUT2D eigenvalue weighted by molar-refractivity contribution is 0.0772. The molecule has 94 valence electrons. The number of fused-ring (bicyclic) bond motifs is 1. The molecule has 0 radical (unpaired) electrons. The molecule has 0 aliphatic carbocycles. The number of hydrogen-bond acceptors (Lipinski definition) is 2. The van der Waals surface area contributed by atoms with Gasteiger partial charge in [0.15, 0.2) is 0 Å². The maximum Gasteiger partial charge on any atom is 0.270 e. The summed E-state index contributed by atoms with van der Waals surface area (Å²) in [5, 5.41) is 3.39. The van der Waals surface area contributed by atoms with Crippen LogP contribution in [0.3, 0.4) is 0 Å². The van der Waals surface area contributed by atoms with E-state index in [0.717, 1.165) is 31.9 Å². The summed E-state index contributed by atoms with van der Waals surface area (Å²) >= 11 is 0. The molecule has 0 aromatic carbocycles. The second-order valence-electron chi connectivity index (χ2n) is 4.89. The van der Waals surface area contributed by atoms with E-state index in [0.29, 0.717) is 11.8 Å². The first kappa shape index (κ1) is 12.5. The zero-order chi connectivity index (χ0) is 11.1. The molecule has 4 nitrogen and oxygen atoms in total. The Bertz CT molecular complexity index is 406. The van der Waals surface area contributed by atoms with Gasteiger partial charge in [0, 0.05) is 39.4 Å². The summed E-state index contributed by atoms with van der Waals surface area (Å²) in [6, 6.07) is 3.82. The number of likely N-dealkylation sites (tertiary alicyclic amines) is 1. The van der Waals surface area contributed by atoms with Crippen molar-refractivity contribution in [2.24, 2.45) is 18.9 Å². The lowest BCUT2D eigenvalue weighted by atomic mass is 10.0. The van der Waals surface area contributed by atoms with Crippen LogP contribution in [-0.4, -0.2) is 41.6 Å². The molecule has 2 fully saturated rings. The minimum Gasteiger partial charge on any atom is -0.347 e. The van der Waals surface area contributed by atoms with Gasteiger partial charge in [-0.15, -0.1) is 12.4 Å². The number of nitrogens with one attached hydrogen (secondary N) is 1. The van der Waals surface area contributed by atoms with E-state index in [1.807, 2.05) is 34.8 Å². The van der Waals surface area contributed by atoms with Gasteiger partial charge in [-0.05, 0) is 24.0 Å². The van der Waals surface area contributed by atoms with Gasteiger partial charge >= 0.3 is 0 Å². The van der Waals surface area contributed by atoms with E-state index < -0.39 is 0 Å². The summed E-state index contributed by atoms with van der Waals surface area (Å²) < 4.78 is 1.90. The van der Waals surface area contributed by atoms with Crippen LogP contribution in [0.2, 0.25) is 0 Å². The molecule has 2 aliphatic heterocycles. The molecule has 1 aromatic heterocycles. The number of aromatic nitrogens is 1. The monoisotopic (exact) mass is 255 g/mol. The van der Waals surface area contributed by atoms with Gasteiger partial charge in [-0.25, -0.2) is 0 Å². The van der Waals surface area contributed by atoms with Crippen molar-refractivity contribution in [3.63, 3.8) is 0 Å². The number of aryl methyl sites for hydroxylation is 1. The zero-order valence-corrected chi connectivity index (χ0v) is 10.7. The second kappa shape index (κ2) is 4.70. The quantitative estimate of drug-likeness (QED) is 0.804. The standard InChI is InChI=1S/C12H17N3O.ClH/c1-14-4-2-3-11(14)12(16)15-7-9-5-13-6-10(9)8-15;/h2-4,9-10,13H,5-8H2,1H3;1H/t9-,10+;. The molecule has 1 N–H and O–H groups in total. The summed E-state index contributed by atoms with van der Waals surface area (Å²) in [6.45, 7) is 3.98. The fraction of sp³-hybridized carbons (Fsp3) is 0.583. The molecule has 1 aromatic rings. The third-order valence-electron chi connectivity index (χ3n) is 3.84. The van der Waals surface area contributed by atoms with Gasteiger partial charge in [-0.2, -0.15) is 0 Å². The largest absolute Gasteiger partial charge is 0.347 e. The van der Waals surface area contributed by atoms with Gasteiger partial charge in [-0.3, -0.25) is 4.79 Å². The summed E-state index contributed by atoms with van der Waals surface area (Å²) in [5.74, 6) is 1.52. The number of amides is 1. The predicted octanol–water partition coefficient (Wildman–Crippen LogP) is 0.738. The number of carbonyl (C=O) groups is 1. The Morgan fingerprint density at radius 1 is 1.35 bits per heavy atom. The van der Waals surface area contributed by atoms with Crippen molar-refractivity contribution in [2.45, 2.75) is 0 Å². The molecule has 0 saturated carbocycles. The first-order valence-corrected chi connectivity index (χ1v) is 5.87. The molecule has 2 atom stereocenters. The highest BCUT2D eigenvalue weighted by atomic mass is 35.5. The van der Waals surface area contributed by atoms with Crippen molar-refractivity contribution in [1.82, 2.24) is 14.8 Å². The smallest absolute Gasteiger partial charge is 0.270 e. The van der Waals surface area contributed by atoms with Crippen LogP contribution in [0.1, 0.15) is 10.5 Å². The highest BCUT2D eigenvalue weighted by Crippen LogP contribution is 2.27. The average Bonchev–Trinajstić information content (AvgIpc) is 2.89. The van der Waals surface area contributed by atoms with E-state index in [-0.39, 0.29) is 18.3 Å². The van der Waals surface area contributed by atoms with Crippen molar-refractivity contribution < 1.29 is 4.79 Å². The van der Waals surface area contributed by atoms with Crippen LogP contribution >= 0.6 is 12.4 Å². The van der Waals surface area contributed by atoms with Crippen LogP contribution in [0.5, 0.6) is 0 Å². The molecule has 2 saturated heterocycles. The zero-order valence-electron chi connectivity index (χ0n) is 9.93. The van der Waals surface area contributed by atoms with Crippen molar-refractivity contribution in [2.75, 3.05) is 26.2 Å². The summed E-state index contributed by atoms with van der Waals surface area (Å²) in [4.78, 5) is 14.3. The third kappa shape index (κ3) is 2.07. The lowest BCUT2D eigenvalue weighted by Crippen LogP contribution is -2.32. The predicted molar refractivity (Wildman–Crippen MR) is 68.4 cm³/mol. The number of nitrogens with zero attached hydrogens (tertiary/aromatic N) is 2. The van der Waals surface area contributed by atoms with E-state index in [1.165, 1.54) is 0 Å². The van der Waals surface area contributed by atoms with E-state index in [1.54, 1.807) is 0 Å². The normalized spacial score (nSPS) is 26.8. The van der Waals surface area contributed by atoms with Gasteiger partial charge in [0.2, 0.25) is 0 Å². The fourth-order valence-electron chi connectivity index (χ4n) is 2.87. The van der Waals surface area contributed by atoms with Crippen molar-refractivity contribution in [3.8, 4) is 0 Å². The maximum atomic E-state index is 12.2. The van der Waals surface area contributed by atoms with Crippen molar-refractivity contribution in [1.29, 1.82) is 0 Å². The van der Waals surface area contributed by atoms with Gasteiger partial charge in [0.05, 0.1) is 0 Å². The topological polar surface area (TPSA) is 37.3 Å². The van der Waals surface area contributed by atoms with Crippen LogP contribution in [0, 0.1) is 11.8 Å². The van der Waals surface area contributed by atoms with Crippen molar-refractivity contribution in [3.05, 3.63) is 24.0 Å². The third-order valence-corrected chi connectivity index (χ3v) is 3.84. The van der Waals surface area contributed by atoms with Gasteiger partial charge < -0.3 is 14.8 Å². The minimum atomic E-state index is 0. The molecule has 1 amide bonds. The maximum absolute atomic E-state index is 12.2. The Balaban J connectivity index is 0.00000108. The Kier molecular flexibility index (Phi) is 3.45. The van der Waals surface area contributed by atoms with Gasteiger partial charge in [0.25, 0.3) is 5.91 Å². The number of hydrogen-bond donors (Lipinski definition) is 1. The Morgan fingerprint density at radius 3 is 2.53 bits per heavy atom. The number of carbonyl (C=O) groups excluding carboxylic acids is 1. The lowest BCUT2D eigenvalue weighted by Gasteiger charge is -2.17. The SMILES string of the molecule is Cl.Cn1cccc1C(=O)N1C[C@H]2CNC[C@H]2C1. The highest BCUT2D eigenvalue weighted by molar-refractivity contribution is 5.93. The number of halogens is 1. The molecular weight excluding hydrogens is 238 g/mol. The van der Waals surface area contributed by atoms with E-state index in [4.69, 9.17) is 0 Å². The van der Waals surface area contributed by atoms with Crippen LogP contribution in [-0.2, 0) is 7.05 Å². The van der Waals surface area contributed by atoms with Crippen LogP contribution in [0.15, 0.2) is 18.3 Å². The second-order valence-corrected chi connectivity index (χ2v) is 4.89. The van der Waals surface area contributed by atoms with Crippen molar-refractivity contribution >= 4 is 18.3 Å². The van der Waals surface area contributed by atoms with E-state index in [2.05, 4.69) is 5.32 Å². The Labute approximate surface area is 107 Å². The molecule has 3 heterocycles. The number of rotatable bonds is 1. The Morgan fingerprint density at radius 2 is 2.00 bits per heavy atom. The first-order valence-electron chi connectivity index (χ1n) is 5.87. The van der Waals surface area contributed by atoms with E-state index in [9.17, 15) is 4.79 Å². The molecule has 3 rings (SSSR count). The summed E-state index contributed by atoms with van der Waals surface area (Å²) in [6.07, 6.45) is 1.92. The van der Waals surface area contributed by atoms with Gasteiger partial charge in [0.1, 0.15) is 5.69 Å².